The Labute approximate surface area is 79.4 Å². The highest BCUT2D eigenvalue weighted by Gasteiger charge is 2.15. The lowest BCUT2D eigenvalue weighted by Gasteiger charge is -2.16. The fraction of sp³-hybridized carbons (Fsp3) is 0.889. The average Bonchev–Trinajstić information content (AvgIpc) is 2.17. The lowest BCUT2D eigenvalue weighted by molar-refractivity contribution is -0.144. The van der Waals surface area contributed by atoms with Crippen molar-refractivity contribution in [3.8, 4) is 0 Å². The molecule has 1 atom stereocenters. The first-order valence-corrected chi connectivity index (χ1v) is 4.60. The van der Waals surface area contributed by atoms with E-state index in [1.165, 1.54) is 7.11 Å². The molecule has 0 heterocycles. The largest absolute Gasteiger partial charge is 0.468 e. The van der Waals surface area contributed by atoms with E-state index in [4.69, 9.17) is 10.5 Å². The zero-order valence-corrected chi connectivity index (χ0v) is 8.58. The predicted octanol–water partition coefficient (Wildman–Crippen LogP) is 0.692. The molecular weight excluding hydrogens is 170 g/mol. The van der Waals surface area contributed by atoms with E-state index in [-0.39, 0.29) is 12.7 Å². The number of rotatable bonds is 6. The van der Waals surface area contributed by atoms with Crippen molar-refractivity contribution in [2.45, 2.75) is 38.8 Å². The van der Waals surface area contributed by atoms with Crippen LogP contribution in [0.4, 0.5) is 0 Å². The van der Waals surface area contributed by atoms with E-state index in [1.807, 2.05) is 13.8 Å². The molecule has 0 bridgehead atoms. The molecule has 0 aliphatic heterocycles. The molecule has 0 aromatic rings. The molecule has 0 aliphatic rings. The highest BCUT2D eigenvalue weighted by Crippen LogP contribution is 2.02. The van der Waals surface area contributed by atoms with Gasteiger partial charge in [-0.3, -0.25) is 4.79 Å². The Hall–Kier alpha value is -0.610. The Morgan fingerprint density at radius 2 is 1.92 bits per heavy atom. The van der Waals surface area contributed by atoms with Crippen LogP contribution >= 0.6 is 0 Å². The molecule has 2 N–H and O–H groups in total. The lowest BCUT2D eigenvalue weighted by Crippen LogP contribution is -2.37. The highest BCUT2D eigenvalue weighted by atomic mass is 16.5. The molecule has 0 aliphatic carbocycles. The molecule has 1 unspecified atom stereocenters. The summed E-state index contributed by atoms with van der Waals surface area (Å²) in [6.45, 7) is 4.31. The maximum atomic E-state index is 10.9. The van der Waals surface area contributed by atoms with Gasteiger partial charge in [0, 0.05) is 0 Å². The second kappa shape index (κ2) is 6.86. The quantitative estimate of drug-likeness (QED) is 0.624. The third kappa shape index (κ3) is 4.85. The molecule has 4 nitrogen and oxygen atoms in total. The van der Waals surface area contributed by atoms with Gasteiger partial charge in [-0.1, -0.05) is 13.8 Å². The van der Waals surface area contributed by atoms with Gasteiger partial charge in [0.1, 0.15) is 6.04 Å². The molecule has 0 radical (unpaired) electrons. The van der Waals surface area contributed by atoms with E-state index < -0.39 is 12.0 Å². The normalized spacial score (nSPS) is 13.0. The molecule has 0 rings (SSSR count). The SMILES string of the molecule is CCC(CC)OCC(N)C(=O)OC. The van der Waals surface area contributed by atoms with E-state index >= 15 is 0 Å². The second-order valence-corrected chi connectivity index (χ2v) is 2.90. The van der Waals surface area contributed by atoms with Crippen LogP contribution in [-0.2, 0) is 14.3 Å². The van der Waals surface area contributed by atoms with Gasteiger partial charge in [0.25, 0.3) is 0 Å². The van der Waals surface area contributed by atoms with Gasteiger partial charge >= 0.3 is 5.97 Å². The second-order valence-electron chi connectivity index (χ2n) is 2.90. The maximum Gasteiger partial charge on any atom is 0.325 e. The maximum absolute atomic E-state index is 10.9. The number of carbonyl (C=O) groups is 1. The molecule has 0 amide bonds. The van der Waals surface area contributed by atoms with Crippen LogP contribution in [0.15, 0.2) is 0 Å². The summed E-state index contributed by atoms with van der Waals surface area (Å²) in [6.07, 6.45) is 2.06. The Balaban J connectivity index is 3.67. The van der Waals surface area contributed by atoms with Crippen LogP contribution in [0.3, 0.4) is 0 Å². The minimum absolute atomic E-state index is 0.190. The predicted molar refractivity (Wildman–Crippen MR) is 50.3 cm³/mol. The first kappa shape index (κ1) is 12.4. The summed E-state index contributed by atoms with van der Waals surface area (Å²) >= 11 is 0. The highest BCUT2D eigenvalue weighted by molar-refractivity contribution is 5.75. The molecule has 0 saturated carbocycles. The van der Waals surface area contributed by atoms with Crippen LogP contribution in [0.2, 0.25) is 0 Å². The van der Waals surface area contributed by atoms with E-state index in [0.717, 1.165) is 12.8 Å². The zero-order valence-electron chi connectivity index (χ0n) is 8.58. The topological polar surface area (TPSA) is 61.5 Å². The number of hydrogen-bond acceptors (Lipinski definition) is 4. The van der Waals surface area contributed by atoms with Gasteiger partial charge in [-0.25, -0.2) is 0 Å². The first-order chi connectivity index (χ1) is 6.15. The van der Waals surface area contributed by atoms with Crippen LogP contribution in [0.25, 0.3) is 0 Å². The van der Waals surface area contributed by atoms with Gasteiger partial charge in [0.2, 0.25) is 0 Å². The fourth-order valence-electron chi connectivity index (χ4n) is 0.984. The molecule has 0 aromatic carbocycles. The smallest absolute Gasteiger partial charge is 0.325 e. The summed E-state index contributed by atoms with van der Waals surface area (Å²) in [6, 6.07) is -0.661. The van der Waals surface area contributed by atoms with Gasteiger partial charge in [0.05, 0.1) is 19.8 Å². The Morgan fingerprint density at radius 1 is 1.38 bits per heavy atom. The van der Waals surface area contributed by atoms with Crippen molar-refractivity contribution in [1.82, 2.24) is 0 Å². The minimum Gasteiger partial charge on any atom is -0.468 e. The van der Waals surface area contributed by atoms with Crippen LogP contribution < -0.4 is 5.73 Å². The van der Waals surface area contributed by atoms with Crippen molar-refractivity contribution in [2.75, 3.05) is 13.7 Å². The van der Waals surface area contributed by atoms with Crippen molar-refractivity contribution in [1.29, 1.82) is 0 Å². The number of nitrogens with two attached hydrogens (primary N) is 1. The first-order valence-electron chi connectivity index (χ1n) is 4.60. The van der Waals surface area contributed by atoms with Crippen molar-refractivity contribution < 1.29 is 14.3 Å². The zero-order chi connectivity index (χ0) is 10.3. The van der Waals surface area contributed by atoms with Crippen molar-refractivity contribution in [2.24, 2.45) is 5.73 Å². The van der Waals surface area contributed by atoms with Crippen LogP contribution in [-0.4, -0.2) is 31.8 Å². The Kier molecular flexibility index (Phi) is 6.54. The lowest BCUT2D eigenvalue weighted by atomic mass is 10.2. The molecule has 78 valence electrons. The molecule has 13 heavy (non-hydrogen) atoms. The summed E-state index contributed by atoms with van der Waals surface area (Å²) in [5, 5.41) is 0. The minimum atomic E-state index is -0.661. The summed E-state index contributed by atoms with van der Waals surface area (Å²) in [5.74, 6) is -0.425. The van der Waals surface area contributed by atoms with Gasteiger partial charge in [-0.05, 0) is 12.8 Å². The molecule has 0 spiro atoms. The molecule has 0 fully saturated rings. The average molecular weight is 189 g/mol. The van der Waals surface area contributed by atoms with E-state index in [9.17, 15) is 4.79 Å². The third-order valence-electron chi connectivity index (χ3n) is 1.93. The number of ether oxygens (including phenoxy) is 2. The third-order valence-corrected chi connectivity index (χ3v) is 1.93. The molecular formula is C9H19NO3. The van der Waals surface area contributed by atoms with Gasteiger partial charge in [-0.2, -0.15) is 0 Å². The number of methoxy groups -OCH3 is 1. The summed E-state index contributed by atoms with van der Waals surface area (Å²) in [4.78, 5) is 10.9. The van der Waals surface area contributed by atoms with Gasteiger partial charge in [-0.15, -0.1) is 0 Å². The van der Waals surface area contributed by atoms with E-state index in [0.29, 0.717) is 0 Å². The van der Waals surface area contributed by atoms with Gasteiger partial charge in [0.15, 0.2) is 0 Å². The van der Waals surface area contributed by atoms with Crippen LogP contribution in [0, 0.1) is 0 Å². The van der Waals surface area contributed by atoms with Crippen molar-refractivity contribution >= 4 is 5.97 Å². The van der Waals surface area contributed by atoms with E-state index in [1.54, 1.807) is 0 Å². The van der Waals surface area contributed by atoms with Crippen molar-refractivity contribution in [3.05, 3.63) is 0 Å². The van der Waals surface area contributed by atoms with Crippen LogP contribution in [0.1, 0.15) is 26.7 Å². The standard InChI is InChI=1S/C9H19NO3/c1-4-7(5-2)13-6-8(10)9(11)12-3/h7-8H,4-6,10H2,1-3H3. The molecule has 0 aromatic heterocycles. The summed E-state index contributed by atoms with van der Waals surface area (Å²) in [5.41, 5.74) is 5.49. The van der Waals surface area contributed by atoms with E-state index in [2.05, 4.69) is 4.74 Å². The number of carbonyl (C=O) groups excluding carboxylic acids is 1. The Morgan fingerprint density at radius 3 is 2.31 bits per heavy atom. The van der Waals surface area contributed by atoms with Crippen LogP contribution in [0.5, 0.6) is 0 Å². The van der Waals surface area contributed by atoms with Crippen molar-refractivity contribution in [3.63, 3.8) is 0 Å². The fourth-order valence-corrected chi connectivity index (χ4v) is 0.984. The summed E-state index contributed by atoms with van der Waals surface area (Å²) in [7, 11) is 1.32. The Bertz CT molecular complexity index is 146. The monoisotopic (exact) mass is 189 g/mol. The summed E-state index contributed by atoms with van der Waals surface area (Å²) < 4.78 is 9.87. The molecule has 0 saturated heterocycles. The molecule has 4 heteroatoms. The van der Waals surface area contributed by atoms with Gasteiger partial charge < -0.3 is 15.2 Å². The number of esters is 1. The number of hydrogen-bond donors (Lipinski definition) is 1.